The minimum absolute atomic E-state index is 0.00383. The second-order valence-corrected chi connectivity index (χ2v) is 11.7. The Morgan fingerprint density at radius 3 is 2.32 bits per heavy atom. The smallest absolute Gasteiger partial charge is 0.233 e. The molecule has 2 N–H and O–H groups in total. The van der Waals surface area contributed by atoms with E-state index in [0.717, 1.165) is 11.3 Å². The Labute approximate surface area is 210 Å². The van der Waals surface area contributed by atoms with Crippen molar-refractivity contribution in [2.45, 2.75) is 30.0 Å². The lowest BCUT2D eigenvalue weighted by Crippen LogP contribution is -2.52. The number of nitrogens with one attached hydrogen (secondary N) is 1. The molecule has 1 atom stereocenters. The van der Waals surface area contributed by atoms with Crippen LogP contribution < -0.4 is 5.32 Å². The first kappa shape index (κ1) is 21.6. The van der Waals surface area contributed by atoms with Crippen molar-refractivity contribution in [3.8, 4) is 5.75 Å². The molecule has 0 spiro atoms. The number of anilines is 1. The van der Waals surface area contributed by atoms with Crippen LogP contribution in [0.25, 0.3) is 0 Å². The summed E-state index contributed by atoms with van der Waals surface area (Å²) in [5.41, 5.74) is 6.28. The standard InChI is InChI=1S/C28H23BrN2O2S/c1-27(25(33)31-26-30-18(15-34-26)14-17-10-12-19(32)13-11-17)16-28(29)22-8-4-2-6-20(22)24(27)21-7-3-5-9-23(21)28/h2-13,15,24,32H,14,16H2,1H3,(H,30,31,33). The van der Waals surface area contributed by atoms with Gasteiger partial charge in [0.15, 0.2) is 5.13 Å². The van der Waals surface area contributed by atoms with Crippen molar-refractivity contribution in [3.05, 3.63) is 112 Å². The summed E-state index contributed by atoms with van der Waals surface area (Å²) in [6, 6.07) is 24.1. The van der Waals surface area contributed by atoms with Gasteiger partial charge in [0.2, 0.25) is 5.91 Å². The third-order valence-corrected chi connectivity index (χ3v) is 9.20. The van der Waals surface area contributed by atoms with Gasteiger partial charge in [0, 0.05) is 17.7 Å². The number of carbonyl (C=O) groups is 1. The first-order valence-corrected chi connectivity index (χ1v) is 13.0. The molecule has 0 saturated carbocycles. The molecule has 4 aromatic rings. The highest BCUT2D eigenvalue weighted by Gasteiger charge is 2.59. The van der Waals surface area contributed by atoms with Crippen LogP contribution in [-0.2, 0) is 15.5 Å². The Balaban J connectivity index is 1.31. The van der Waals surface area contributed by atoms with E-state index in [0.29, 0.717) is 18.0 Å². The van der Waals surface area contributed by atoms with Gasteiger partial charge < -0.3 is 10.4 Å². The third-order valence-electron chi connectivity index (χ3n) is 7.26. The van der Waals surface area contributed by atoms with Crippen LogP contribution in [0.15, 0.2) is 78.2 Å². The molecule has 1 aromatic heterocycles. The molecule has 1 unspecified atom stereocenters. The minimum Gasteiger partial charge on any atom is -0.508 e. The monoisotopic (exact) mass is 530 g/mol. The number of phenolic OH excluding ortho intramolecular Hbond substituents is 1. The highest BCUT2D eigenvalue weighted by molar-refractivity contribution is 9.09. The summed E-state index contributed by atoms with van der Waals surface area (Å²) in [5, 5.41) is 15.2. The lowest BCUT2D eigenvalue weighted by molar-refractivity contribution is -0.127. The number of thiazole rings is 1. The van der Waals surface area contributed by atoms with Crippen molar-refractivity contribution < 1.29 is 9.90 Å². The fourth-order valence-electron chi connectivity index (χ4n) is 5.74. The molecule has 7 rings (SSSR count). The van der Waals surface area contributed by atoms with E-state index in [1.165, 1.54) is 33.6 Å². The van der Waals surface area contributed by atoms with Crippen molar-refractivity contribution in [1.82, 2.24) is 4.98 Å². The lowest BCUT2D eigenvalue weighted by atomic mass is 9.52. The van der Waals surface area contributed by atoms with Crippen molar-refractivity contribution in [1.29, 1.82) is 0 Å². The summed E-state index contributed by atoms with van der Waals surface area (Å²) in [7, 11) is 0. The Morgan fingerprint density at radius 2 is 1.68 bits per heavy atom. The summed E-state index contributed by atoms with van der Waals surface area (Å²) < 4.78 is -0.395. The third kappa shape index (κ3) is 3.23. The number of amides is 1. The van der Waals surface area contributed by atoms with Crippen LogP contribution in [0.1, 0.15) is 52.8 Å². The number of phenols is 1. The van der Waals surface area contributed by atoms with Crippen molar-refractivity contribution in [2.75, 3.05) is 5.32 Å². The largest absolute Gasteiger partial charge is 0.508 e. The number of nitrogens with zero attached hydrogens (tertiary/aromatic N) is 1. The van der Waals surface area contributed by atoms with E-state index < -0.39 is 9.74 Å². The Morgan fingerprint density at radius 1 is 1.06 bits per heavy atom. The number of fused-ring (bicyclic) bond motifs is 1. The van der Waals surface area contributed by atoms with E-state index in [9.17, 15) is 9.90 Å². The number of aromatic nitrogens is 1. The molecule has 4 nitrogen and oxygen atoms in total. The van der Waals surface area contributed by atoms with E-state index >= 15 is 0 Å². The molecule has 3 aliphatic carbocycles. The number of benzene rings is 3. The Hall–Kier alpha value is -2.96. The summed E-state index contributed by atoms with van der Waals surface area (Å²) in [5.74, 6) is 0.226. The van der Waals surface area contributed by atoms with Crippen LogP contribution in [0, 0.1) is 5.41 Å². The molecule has 0 fully saturated rings. The maximum absolute atomic E-state index is 13.9. The van der Waals surface area contributed by atoms with Crippen molar-refractivity contribution >= 4 is 38.3 Å². The number of hydrogen-bond acceptors (Lipinski definition) is 4. The predicted molar refractivity (Wildman–Crippen MR) is 139 cm³/mol. The minimum atomic E-state index is -0.630. The van der Waals surface area contributed by atoms with Gasteiger partial charge in [-0.15, -0.1) is 11.3 Å². The quantitative estimate of drug-likeness (QED) is 0.293. The second-order valence-electron chi connectivity index (χ2n) is 9.44. The fraction of sp³-hybridized carbons (Fsp3) is 0.214. The number of alkyl halides is 1. The van der Waals surface area contributed by atoms with Crippen LogP contribution in [0.5, 0.6) is 5.75 Å². The van der Waals surface area contributed by atoms with Gasteiger partial charge in [-0.1, -0.05) is 76.6 Å². The van der Waals surface area contributed by atoms with Crippen LogP contribution in [-0.4, -0.2) is 16.0 Å². The molecule has 6 heteroatoms. The number of carbonyl (C=O) groups excluding carboxylic acids is 1. The number of halogens is 1. The molecule has 3 aliphatic rings. The number of rotatable bonds is 4. The highest BCUT2D eigenvalue weighted by atomic mass is 79.9. The molecule has 34 heavy (non-hydrogen) atoms. The molecule has 0 radical (unpaired) electrons. The van der Waals surface area contributed by atoms with E-state index in [1.807, 2.05) is 17.5 Å². The first-order valence-electron chi connectivity index (χ1n) is 11.3. The van der Waals surface area contributed by atoms with E-state index in [-0.39, 0.29) is 17.6 Å². The fourth-order valence-corrected chi connectivity index (χ4v) is 7.75. The SMILES string of the molecule is CC1(C(=O)Nc2nc(Cc3ccc(O)cc3)cs2)CC2(Br)c3ccccc3C1c1ccccc12. The van der Waals surface area contributed by atoms with Crippen molar-refractivity contribution in [2.24, 2.45) is 5.41 Å². The van der Waals surface area contributed by atoms with Crippen LogP contribution in [0.3, 0.4) is 0 Å². The number of hydrogen-bond donors (Lipinski definition) is 2. The van der Waals surface area contributed by atoms with Crippen LogP contribution >= 0.6 is 27.3 Å². The average Bonchev–Trinajstić information content (AvgIpc) is 3.27. The Bertz CT molecular complexity index is 1370. The molecule has 170 valence electrons. The summed E-state index contributed by atoms with van der Waals surface area (Å²) in [6.45, 7) is 2.08. The first-order chi connectivity index (χ1) is 16.4. The lowest BCUT2D eigenvalue weighted by Gasteiger charge is -2.54. The maximum Gasteiger partial charge on any atom is 0.233 e. The molecule has 0 aliphatic heterocycles. The zero-order valence-electron chi connectivity index (χ0n) is 18.6. The number of aromatic hydroxyl groups is 1. The Kier molecular flexibility index (Phi) is 4.94. The molecule has 3 aromatic carbocycles. The average molecular weight is 531 g/mol. The molecular formula is C28H23BrN2O2S. The summed E-state index contributed by atoms with van der Waals surface area (Å²) in [4.78, 5) is 18.5. The van der Waals surface area contributed by atoms with E-state index in [2.05, 4.69) is 81.7 Å². The van der Waals surface area contributed by atoms with Gasteiger partial charge in [-0.3, -0.25) is 4.79 Å². The van der Waals surface area contributed by atoms with Crippen LogP contribution in [0.2, 0.25) is 0 Å². The van der Waals surface area contributed by atoms with Gasteiger partial charge in [-0.05, 0) is 53.3 Å². The van der Waals surface area contributed by atoms with E-state index in [1.54, 1.807) is 12.1 Å². The van der Waals surface area contributed by atoms with Gasteiger partial charge in [0.1, 0.15) is 5.75 Å². The van der Waals surface area contributed by atoms with Crippen LogP contribution in [0.4, 0.5) is 5.13 Å². The zero-order valence-corrected chi connectivity index (χ0v) is 21.0. The zero-order chi connectivity index (χ0) is 23.5. The normalized spacial score (nSPS) is 24.4. The van der Waals surface area contributed by atoms with E-state index in [4.69, 9.17) is 0 Å². The molecule has 0 saturated heterocycles. The highest BCUT2D eigenvalue weighted by Crippen LogP contribution is 2.66. The molecular weight excluding hydrogens is 508 g/mol. The molecule has 1 amide bonds. The molecule has 1 heterocycles. The van der Waals surface area contributed by atoms with Gasteiger partial charge in [0.25, 0.3) is 0 Å². The van der Waals surface area contributed by atoms with Gasteiger partial charge in [-0.25, -0.2) is 4.98 Å². The summed E-state index contributed by atoms with van der Waals surface area (Å²) >= 11 is 5.54. The predicted octanol–water partition coefficient (Wildman–Crippen LogP) is 6.57. The van der Waals surface area contributed by atoms with Gasteiger partial charge in [0.05, 0.1) is 15.4 Å². The van der Waals surface area contributed by atoms with Crippen molar-refractivity contribution in [3.63, 3.8) is 0 Å². The van der Waals surface area contributed by atoms with Gasteiger partial charge >= 0.3 is 0 Å². The maximum atomic E-state index is 13.9. The second kappa shape index (κ2) is 7.79. The van der Waals surface area contributed by atoms with Gasteiger partial charge in [-0.2, -0.15) is 0 Å². The summed E-state index contributed by atoms with van der Waals surface area (Å²) in [6.07, 6.45) is 1.33. The topological polar surface area (TPSA) is 62.2 Å². The molecule has 2 bridgehead atoms.